The van der Waals surface area contributed by atoms with Crippen molar-refractivity contribution in [1.29, 1.82) is 0 Å². The van der Waals surface area contributed by atoms with Gasteiger partial charge < -0.3 is 4.74 Å². The van der Waals surface area contributed by atoms with Crippen LogP contribution >= 0.6 is 0 Å². The average molecular weight is 246 g/mol. The second-order valence-corrected chi connectivity index (χ2v) is 6.13. The van der Waals surface area contributed by atoms with Crippen LogP contribution in [0.1, 0.15) is 55.6 Å². The predicted octanol–water partition coefficient (Wildman–Crippen LogP) is 3.76. The molecule has 18 heavy (non-hydrogen) atoms. The molecule has 0 radical (unpaired) electrons. The maximum atomic E-state index is 12.3. The number of carbonyl (C=O) groups excluding carboxylic acids is 1. The number of ketones is 1. The Hall–Kier alpha value is -1.31. The molecule has 1 atom stereocenters. The molecule has 2 nitrogen and oxygen atoms in total. The summed E-state index contributed by atoms with van der Waals surface area (Å²) >= 11 is 0. The molecule has 1 aromatic rings. The smallest absolute Gasteiger partial charge is 0.166 e. The van der Waals surface area contributed by atoms with Crippen LogP contribution in [0.25, 0.3) is 0 Å². The zero-order valence-electron chi connectivity index (χ0n) is 12.0. The van der Waals surface area contributed by atoms with Crippen molar-refractivity contribution in [2.24, 2.45) is 5.92 Å². The van der Waals surface area contributed by atoms with E-state index in [0.29, 0.717) is 5.78 Å². The molecule has 1 unspecified atom stereocenters. The van der Waals surface area contributed by atoms with Crippen LogP contribution in [0.15, 0.2) is 12.1 Å². The largest absolute Gasteiger partial charge is 0.496 e. The van der Waals surface area contributed by atoms with Gasteiger partial charge in [-0.15, -0.1) is 0 Å². The molecule has 0 saturated carbocycles. The molecule has 1 aliphatic carbocycles. The summed E-state index contributed by atoms with van der Waals surface area (Å²) in [7, 11) is 1.70. The van der Waals surface area contributed by atoms with Gasteiger partial charge in [-0.25, -0.2) is 0 Å². The lowest BCUT2D eigenvalue weighted by molar-refractivity contribution is 0.0934. The highest BCUT2D eigenvalue weighted by Gasteiger charge is 2.32. The van der Waals surface area contributed by atoms with Crippen LogP contribution in [0, 0.1) is 5.92 Å². The highest BCUT2D eigenvalue weighted by molar-refractivity contribution is 6.02. The van der Waals surface area contributed by atoms with E-state index in [4.69, 9.17) is 4.74 Å². The number of rotatable bonds is 2. The summed E-state index contributed by atoms with van der Waals surface area (Å²) in [6.45, 7) is 8.52. The van der Waals surface area contributed by atoms with Crippen molar-refractivity contribution in [3.8, 4) is 5.75 Å². The topological polar surface area (TPSA) is 26.3 Å². The number of Topliss-reactive ketones (excluding diaryl/α,β-unsaturated/α-hetero) is 1. The van der Waals surface area contributed by atoms with Crippen molar-refractivity contribution < 1.29 is 9.53 Å². The summed E-state index contributed by atoms with van der Waals surface area (Å²) in [5, 5.41) is 0. The maximum Gasteiger partial charge on any atom is 0.166 e. The van der Waals surface area contributed by atoms with Crippen molar-refractivity contribution in [3.05, 3.63) is 28.8 Å². The molecule has 0 aliphatic heterocycles. The quantitative estimate of drug-likeness (QED) is 0.794. The molecule has 1 aromatic carbocycles. The Balaban J connectivity index is 2.55. The van der Waals surface area contributed by atoms with Crippen LogP contribution in [0.5, 0.6) is 5.75 Å². The highest BCUT2D eigenvalue weighted by atomic mass is 16.5. The van der Waals surface area contributed by atoms with E-state index in [1.165, 1.54) is 0 Å². The summed E-state index contributed by atoms with van der Waals surface area (Å²) in [6, 6.07) is 4.11. The van der Waals surface area contributed by atoms with Crippen LogP contribution in [0.2, 0.25) is 0 Å². The van der Waals surface area contributed by atoms with Crippen LogP contribution in [-0.4, -0.2) is 12.9 Å². The van der Waals surface area contributed by atoms with Crippen LogP contribution < -0.4 is 4.74 Å². The van der Waals surface area contributed by atoms with Crippen LogP contribution in [0.4, 0.5) is 0 Å². The summed E-state index contributed by atoms with van der Waals surface area (Å²) in [5.74, 6) is 1.38. The Bertz CT molecular complexity index is 481. The van der Waals surface area contributed by atoms with E-state index < -0.39 is 0 Å². The standard InChI is InChI=1S/C16H22O2/c1-6-10-7-11-8-14(18-5)13(16(2,3)4)9-12(11)15(10)17/h8-10H,6-7H2,1-5H3. The molecular weight excluding hydrogens is 224 g/mol. The number of methoxy groups -OCH3 is 1. The summed E-state index contributed by atoms with van der Waals surface area (Å²) in [4.78, 5) is 12.3. The summed E-state index contributed by atoms with van der Waals surface area (Å²) < 4.78 is 5.49. The number of ether oxygens (including phenoxy) is 1. The Kier molecular flexibility index (Phi) is 3.22. The van der Waals surface area contributed by atoms with Crippen LogP contribution in [0.3, 0.4) is 0 Å². The van der Waals surface area contributed by atoms with Gasteiger partial charge in [0, 0.05) is 17.0 Å². The Morgan fingerprint density at radius 3 is 2.50 bits per heavy atom. The van der Waals surface area contributed by atoms with Crippen molar-refractivity contribution >= 4 is 5.78 Å². The molecule has 0 heterocycles. The van der Waals surface area contributed by atoms with Crippen molar-refractivity contribution in [3.63, 3.8) is 0 Å². The maximum absolute atomic E-state index is 12.3. The van der Waals surface area contributed by atoms with Gasteiger partial charge in [-0.05, 0) is 36.0 Å². The van der Waals surface area contributed by atoms with Gasteiger partial charge in [-0.1, -0.05) is 27.7 Å². The predicted molar refractivity (Wildman–Crippen MR) is 73.5 cm³/mol. The molecule has 0 bridgehead atoms. The van der Waals surface area contributed by atoms with Gasteiger partial charge in [0.25, 0.3) is 0 Å². The fraction of sp³-hybridized carbons (Fsp3) is 0.562. The van der Waals surface area contributed by atoms with E-state index in [1.807, 2.05) is 6.07 Å². The normalized spacial score (nSPS) is 18.9. The number of hydrogen-bond donors (Lipinski definition) is 0. The lowest BCUT2D eigenvalue weighted by atomic mass is 9.84. The molecule has 0 spiro atoms. The Morgan fingerprint density at radius 2 is 2.00 bits per heavy atom. The second kappa shape index (κ2) is 4.42. The number of carbonyl (C=O) groups is 1. The molecule has 1 aliphatic rings. The molecule has 0 N–H and O–H groups in total. The van der Waals surface area contributed by atoms with Gasteiger partial charge in [0.1, 0.15) is 5.75 Å². The lowest BCUT2D eigenvalue weighted by Gasteiger charge is -2.23. The zero-order chi connectivity index (χ0) is 13.5. The number of fused-ring (bicyclic) bond motifs is 1. The van der Waals surface area contributed by atoms with Crippen molar-refractivity contribution in [2.45, 2.75) is 46.0 Å². The van der Waals surface area contributed by atoms with Crippen LogP contribution in [-0.2, 0) is 11.8 Å². The second-order valence-electron chi connectivity index (χ2n) is 6.13. The van der Waals surface area contributed by atoms with Gasteiger partial charge in [0.2, 0.25) is 0 Å². The molecule has 0 saturated heterocycles. The van der Waals surface area contributed by atoms with E-state index in [9.17, 15) is 4.79 Å². The van der Waals surface area contributed by atoms with Gasteiger partial charge in [-0.3, -0.25) is 4.79 Å². The third-order valence-corrected chi connectivity index (χ3v) is 3.83. The van der Waals surface area contributed by atoms with Gasteiger partial charge >= 0.3 is 0 Å². The molecule has 0 aromatic heterocycles. The molecule has 0 fully saturated rings. The Labute approximate surface area is 109 Å². The number of hydrogen-bond acceptors (Lipinski definition) is 2. The highest BCUT2D eigenvalue weighted by Crippen LogP contribution is 2.38. The van der Waals surface area contributed by atoms with E-state index >= 15 is 0 Å². The first-order valence-corrected chi connectivity index (χ1v) is 6.64. The van der Waals surface area contributed by atoms with Crippen molar-refractivity contribution in [2.75, 3.05) is 7.11 Å². The lowest BCUT2D eigenvalue weighted by Crippen LogP contribution is -2.14. The van der Waals surface area contributed by atoms with Gasteiger partial charge in [0.05, 0.1) is 7.11 Å². The first-order chi connectivity index (χ1) is 8.38. The SMILES string of the molecule is CCC1Cc2cc(OC)c(C(C)(C)C)cc2C1=O. The summed E-state index contributed by atoms with van der Waals surface area (Å²) in [6.07, 6.45) is 1.78. The fourth-order valence-corrected chi connectivity index (χ4v) is 2.68. The van der Waals surface area contributed by atoms with Gasteiger partial charge in [-0.2, -0.15) is 0 Å². The minimum atomic E-state index is -0.00897. The molecule has 98 valence electrons. The third-order valence-electron chi connectivity index (χ3n) is 3.83. The van der Waals surface area contributed by atoms with Gasteiger partial charge in [0.15, 0.2) is 5.78 Å². The third kappa shape index (κ3) is 2.05. The Morgan fingerprint density at radius 1 is 1.33 bits per heavy atom. The zero-order valence-corrected chi connectivity index (χ0v) is 12.0. The first kappa shape index (κ1) is 13.1. The minimum absolute atomic E-state index is 0.00897. The van der Waals surface area contributed by atoms with Crippen molar-refractivity contribution in [1.82, 2.24) is 0 Å². The monoisotopic (exact) mass is 246 g/mol. The molecular formula is C16H22O2. The number of benzene rings is 1. The first-order valence-electron chi connectivity index (χ1n) is 6.64. The van der Waals surface area contributed by atoms with E-state index in [1.54, 1.807) is 7.11 Å². The van der Waals surface area contributed by atoms with E-state index in [2.05, 4.69) is 33.8 Å². The average Bonchev–Trinajstić information content (AvgIpc) is 2.63. The summed E-state index contributed by atoms with van der Waals surface area (Å²) in [5.41, 5.74) is 3.17. The van der Waals surface area contributed by atoms with E-state index in [-0.39, 0.29) is 11.3 Å². The molecule has 2 rings (SSSR count). The fourth-order valence-electron chi connectivity index (χ4n) is 2.68. The molecule has 2 heteroatoms. The molecule has 0 amide bonds. The van der Waals surface area contributed by atoms with E-state index in [0.717, 1.165) is 35.3 Å². The minimum Gasteiger partial charge on any atom is -0.496 e.